The van der Waals surface area contributed by atoms with Crippen LogP contribution >= 0.6 is 12.4 Å². The minimum atomic E-state index is -1.16. The molecule has 0 saturated carbocycles. The molecule has 1 atom stereocenters. The minimum Gasteiger partial charge on any atom is -0.481 e. The van der Waals surface area contributed by atoms with Gasteiger partial charge in [0.1, 0.15) is 0 Å². The normalized spacial score (nSPS) is 10.9. The third-order valence-corrected chi connectivity index (χ3v) is 0.996. The summed E-state index contributed by atoms with van der Waals surface area (Å²) in [6.45, 7) is 3.19. The third kappa shape index (κ3) is 5.42. The quantitative estimate of drug-likeness (QED) is 0.627. The first-order valence-corrected chi connectivity index (χ1v) is 2.65. The molecule has 5 heteroatoms. The standard InChI is InChI=1S/C6H8O4.ClH/c1-2-4(6(9)10)3-5(7)8;/h2,4H,1,3H2,(H,7,8)(H,9,10);1H. The van der Waals surface area contributed by atoms with Crippen LogP contribution in [0.15, 0.2) is 12.7 Å². The van der Waals surface area contributed by atoms with Crippen molar-refractivity contribution in [2.24, 2.45) is 5.92 Å². The predicted octanol–water partition coefficient (Wildman–Crippen LogP) is 0.770. The van der Waals surface area contributed by atoms with Crippen LogP contribution in [0.25, 0.3) is 0 Å². The molecule has 11 heavy (non-hydrogen) atoms. The summed E-state index contributed by atoms with van der Waals surface area (Å²) in [4.78, 5) is 20.1. The molecular weight excluding hydrogens is 172 g/mol. The summed E-state index contributed by atoms with van der Waals surface area (Å²) in [7, 11) is 0. The zero-order chi connectivity index (χ0) is 8.15. The lowest BCUT2D eigenvalue weighted by molar-refractivity contribution is -0.146. The maximum atomic E-state index is 10.1. The van der Waals surface area contributed by atoms with Gasteiger partial charge in [-0.05, 0) is 0 Å². The molecular formula is C6H9ClO4. The summed E-state index contributed by atoms with van der Waals surface area (Å²) in [5.41, 5.74) is 0. The summed E-state index contributed by atoms with van der Waals surface area (Å²) in [5, 5.41) is 16.4. The van der Waals surface area contributed by atoms with Crippen LogP contribution in [0.2, 0.25) is 0 Å². The number of halogens is 1. The molecule has 0 rings (SSSR count). The van der Waals surface area contributed by atoms with Crippen LogP contribution in [0.3, 0.4) is 0 Å². The van der Waals surface area contributed by atoms with E-state index in [1.165, 1.54) is 0 Å². The fourth-order valence-electron chi connectivity index (χ4n) is 0.460. The molecule has 64 valence electrons. The van der Waals surface area contributed by atoms with E-state index in [1.54, 1.807) is 0 Å². The highest BCUT2D eigenvalue weighted by atomic mass is 35.5. The average Bonchev–Trinajstić information content (AvgIpc) is 1.81. The number of hydrogen-bond acceptors (Lipinski definition) is 2. The van der Waals surface area contributed by atoms with Crippen molar-refractivity contribution < 1.29 is 19.8 Å². The van der Waals surface area contributed by atoms with Crippen molar-refractivity contribution in [2.75, 3.05) is 0 Å². The van der Waals surface area contributed by atoms with Crippen LogP contribution in [-0.2, 0) is 9.59 Å². The van der Waals surface area contributed by atoms with Crippen molar-refractivity contribution in [3.8, 4) is 0 Å². The van der Waals surface area contributed by atoms with E-state index in [0.717, 1.165) is 6.08 Å². The van der Waals surface area contributed by atoms with Crippen LogP contribution in [-0.4, -0.2) is 22.2 Å². The van der Waals surface area contributed by atoms with Gasteiger partial charge in [0, 0.05) is 0 Å². The highest BCUT2D eigenvalue weighted by Crippen LogP contribution is 2.03. The fourth-order valence-corrected chi connectivity index (χ4v) is 0.460. The molecule has 0 saturated heterocycles. The van der Waals surface area contributed by atoms with Gasteiger partial charge in [0.2, 0.25) is 0 Å². The van der Waals surface area contributed by atoms with Gasteiger partial charge in [-0.3, -0.25) is 9.59 Å². The Bertz CT molecular complexity index is 166. The Balaban J connectivity index is 0. The van der Waals surface area contributed by atoms with Gasteiger partial charge in [-0.25, -0.2) is 0 Å². The maximum Gasteiger partial charge on any atom is 0.310 e. The maximum absolute atomic E-state index is 10.1. The molecule has 0 heterocycles. The molecule has 0 aromatic rings. The van der Waals surface area contributed by atoms with Gasteiger partial charge < -0.3 is 10.2 Å². The topological polar surface area (TPSA) is 74.6 Å². The summed E-state index contributed by atoms with van der Waals surface area (Å²) in [6.07, 6.45) is 0.704. The molecule has 0 aliphatic carbocycles. The molecule has 0 aromatic heterocycles. The van der Waals surface area contributed by atoms with Crippen LogP contribution in [0, 0.1) is 5.92 Å². The Labute approximate surface area is 69.9 Å². The Morgan fingerprint density at radius 1 is 1.45 bits per heavy atom. The van der Waals surface area contributed by atoms with Crippen LogP contribution < -0.4 is 0 Å². The van der Waals surface area contributed by atoms with E-state index >= 15 is 0 Å². The molecule has 0 spiro atoms. The number of carbonyl (C=O) groups is 2. The third-order valence-electron chi connectivity index (χ3n) is 0.996. The SMILES string of the molecule is C=CC(CC(=O)O)C(=O)O.Cl. The number of rotatable bonds is 4. The number of hydrogen-bond donors (Lipinski definition) is 2. The lowest BCUT2D eigenvalue weighted by atomic mass is 10.1. The molecule has 0 bridgehead atoms. The van der Waals surface area contributed by atoms with Crippen LogP contribution in [0.5, 0.6) is 0 Å². The zero-order valence-corrected chi connectivity index (χ0v) is 6.50. The molecule has 0 amide bonds. The molecule has 0 aliphatic heterocycles. The van der Waals surface area contributed by atoms with E-state index in [-0.39, 0.29) is 12.4 Å². The summed E-state index contributed by atoms with van der Waals surface area (Å²) in [6, 6.07) is 0. The first-order valence-electron chi connectivity index (χ1n) is 2.65. The van der Waals surface area contributed by atoms with E-state index < -0.39 is 24.3 Å². The molecule has 0 aromatic carbocycles. The molecule has 4 nitrogen and oxygen atoms in total. The molecule has 2 N–H and O–H groups in total. The number of carboxylic acids is 2. The Hall–Kier alpha value is -1.03. The molecule has 0 fully saturated rings. The predicted molar refractivity (Wildman–Crippen MR) is 40.8 cm³/mol. The summed E-state index contributed by atoms with van der Waals surface area (Å²) >= 11 is 0. The first kappa shape index (κ1) is 12.6. The van der Waals surface area contributed by atoms with E-state index in [4.69, 9.17) is 10.2 Å². The van der Waals surface area contributed by atoms with Crippen LogP contribution in [0.4, 0.5) is 0 Å². The van der Waals surface area contributed by atoms with E-state index in [2.05, 4.69) is 6.58 Å². The first-order chi connectivity index (χ1) is 4.57. The second-order valence-electron chi connectivity index (χ2n) is 1.78. The zero-order valence-electron chi connectivity index (χ0n) is 5.69. The Morgan fingerprint density at radius 3 is 2.00 bits per heavy atom. The van der Waals surface area contributed by atoms with Gasteiger partial charge in [0.05, 0.1) is 12.3 Å². The Morgan fingerprint density at radius 2 is 1.91 bits per heavy atom. The fraction of sp³-hybridized carbons (Fsp3) is 0.333. The monoisotopic (exact) mass is 180 g/mol. The summed E-state index contributed by atoms with van der Waals surface area (Å²) < 4.78 is 0. The van der Waals surface area contributed by atoms with Crippen molar-refractivity contribution in [2.45, 2.75) is 6.42 Å². The van der Waals surface area contributed by atoms with Crippen molar-refractivity contribution in [1.29, 1.82) is 0 Å². The van der Waals surface area contributed by atoms with E-state index in [9.17, 15) is 9.59 Å². The van der Waals surface area contributed by atoms with E-state index in [1.807, 2.05) is 0 Å². The smallest absolute Gasteiger partial charge is 0.310 e. The lowest BCUT2D eigenvalue weighted by Gasteiger charge is -2.00. The lowest BCUT2D eigenvalue weighted by Crippen LogP contribution is -2.14. The van der Waals surface area contributed by atoms with Crippen molar-refractivity contribution in [1.82, 2.24) is 0 Å². The number of carboxylic acid groups (broad SMARTS) is 2. The molecule has 0 aliphatic rings. The largest absolute Gasteiger partial charge is 0.481 e. The minimum absolute atomic E-state index is 0. The van der Waals surface area contributed by atoms with Gasteiger partial charge in [-0.2, -0.15) is 0 Å². The van der Waals surface area contributed by atoms with Gasteiger partial charge in [0.15, 0.2) is 0 Å². The highest BCUT2D eigenvalue weighted by molar-refractivity contribution is 5.85. The molecule has 0 radical (unpaired) electrons. The van der Waals surface area contributed by atoms with Crippen LogP contribution in [0.1, 0.15) is 6.42 Å². The van der Waals surface area contributed by atoms with Gasteiger partial charge in [-0.15, -0.1) is 19.0 Å². The molecule has 1 unspecified atom stereocenters. The van der Waals surface area contributed by atoms with Gasteiger partial charge in [0.25, 0.3) is 0 Å². The van der Waals surface area contributed by atoms with Crippen molar-refractivity contribution >= 4 is 24.3 Å². The van der Waals surface area contributed by atoms with Crippen molar-refractivity contribution in [3.05, 3.63) is 12.7 Å². The second-order valence-corrected chi connectivity index (χ2v) is 1.78. The second kappa shape index (κ2) is 5.73. The van der Waals surface area contributed by atoms with Crippen molar-refractivity contribution in [3.63, 3.8) is 0 Å². The summed E-state index contributed by atoms with van der Waals surface area (Å²) in [5.74, 6) is -3.26. The van der Waals surface area contributed by atoms with Gasteiger partial charge >= 0.3 is 11.9 Å². The highest BCUT2D eigenvalue weighted by Gasteiger charge is 2.16. The van der Waals surface area contributed by atoms with Gasteiger partial charge in [-0.1, -0.05) is 6.08 Å². The average molecular weight is 181 g/mol. The number of aliphatic carboxylic acids is 2. The Kier molecular flexibility index (Phi) is 6.58. The van der Waals surface area contributed by atoms with E-state index in [0.29, 0.717) is 0 Å².